The van der Waals surface area contributed by atoms with E-state index >= 15 is 0 Å². The summed E-state index contributed by atoms with van der Waals surface area (Å²) in [5.41, 5.74) is 2.96. The van der Waals surface area contributed by atoms with Crippen molar-refractivity contribution in [3.63, 3.8) is 0 Å². The van der Waals surface area contributed by atoms with Crippen LogP contribution >= 0.6 is 0 Å². The second-order valence-electron chi connectivity index (χ2n) is 8.46. The SMILES string of the molecule is CC(COc1cccc2c1CC(=O)N2)OC(=O)/C=C/C(=O)OC(C)COc1cccc2c1CC(=O)N2. The lowest BCUT2D eigenvalue weighted by molar-refractivity contribution is -0.146. The van der Waals surface area contributed by atoms with Crippen molar-refractivity contribution in [1.29, 1.82) is 0 Å². The minimum absolute atomic E-state index is 0.0767. The fourth-order valence-corrected chi connectivity index (χ4v) is 3.80. The average Bonchev–Trinajstić information content (AvgIpc) is 3.41. The molecule has 0 fully saturated rings. The molecule has 0 aliphatic carbocycles. The molecule has 10 heteroatoms. The van der Waals surface area contributed by atoms with Gasteiger partial charge in [0.2, 0.25) is 11.8 Å². The summed E-state index contributed by atoms with van der Waals surface area (Å²) in [5.74, 6) is -0.551. The van der Waals surface area contributed by atoms with E-state index in [-0.39, 0.29) is 37.9 Å². The van der Waals surface area contributed by atoms with Crippen LogP contribution in [0.25, 0.3) is 0 Å². The molecule has 188 valence electrons. The molecule has 2 unspecified atom stereocenters. The zero-order valence-electron chi connectivity index (χ0n) is 19.9. The maximum atomic E-state index is 12.0. The van der Waals surface area contributed by atoms with Gasteiger partial charge in [0.05, 0.1) is 12.8 Å². The molecule has 0 aromatic heterocycles. The molecule has 2 aliphatic rings. The van der Waals surface area contributed by atoms with Crippen LogP contribution in [0.15, 0.2) is 48.6 Å². The number of carbonyl (C=O) groups is 4. The summed E-state index contributed by atoms with van der Waals surface area (Å²) in [4.78, 5) is 47.3. The Bertz CT molecular complexity index is 1130. The lowest BCUT2D eigenvalue weighted by Crippen LogP contribution is -2.22. The van der Waals surface area contributed by atoms with Crippen molar-refractivity contribution < 1.29 is 38.1 Å². The molecule has 2 aromatic rings. The summed E-state index contributed by atoms with van der Waals surface area (Å²) < 4.78 is 21.9. The van der Waals surface area contributed by atoms with Crippen LogP contribution < -0.4 is 20.1 Å². The molecule has 0 saturated carbocycles. The third-order valence-corrected chi connectivity index (χ3v) is 5.43. The fraction of sp³-hybridized carbons (Fsp3) is 0.308. The molecule has 4 rings (SSSR count). The van der Waals surface area contributed by atoms with Crippen LogP contribution in [0, 0.1) is 0 Å². The zero-order valence-corrected chi connectivity index (χ0v) is 19.9. The van der Waals surface area contributed by atoms with E-state index in [4.69, 9.17) is 18.9 Å². The summed E-state index contributed by atoms with van der Waals surface area (Å²) >= 11 is 0. The van der Waals surface area contributed by atoms with Crippen molar-refractivity contribution in [2.75, 3.05) is 23.8 Å². The van der Waals surface area contributed by atoms with E-state index in [1.54, 1.807) is 50.2 Å². The highest BCUT2D eigenvalue weighted by Crippen LogP contribution is 2.32. The normalized spacial score (nSPS) is 15.4. The summed E-state index contributed by atoms with van der Waals surface area (Å²) in [7, 11) is 0. The van der Waals surface area contributed by atoms with Crippen molar-refractivity contribution >= 4 is 35.1 Å². The molecule has 2 aliphatic heterocycles. The van der Waals surface area contributed by atoms with Crippen molar-refractivity contribution in [2.24, 2.45) is 0 Å². The number of benzene rings is 2. The van der Waals surface area contributed by atoms with Crippen LogP contribution in [0.2, 0.25) is 0 Å². The Kier molecular flexibility index (Phi) is 7.53. The molecule has 0 radical (unpaired) electrons. The summed E-state index contributed by atoms with van der Waals surface area (Å²) in [6, 6.07) is 10.6. The fourth-order valence-electron chi connectivity index (χ4n) is 3.80. The maximum absolute atomic E-state index is 12.0. The Morgan fingerprint density at radius 1 is 0.778 bits per heavy atom. The number of rotatable bonds is 10. The van der Waals surface area contributed by atoms with Gasteiger partial charge in [-0.05, 0) is 38.1 Å². The molecule has 2 amide bonds. The first-order valence-corrected chi connectivity index (χ1v) is 11.5. The van der Waals surface area contributed by atoms with Crippen LogP contribution in [0.3, 0.4) is 0 Å². The number of nitrogens with one attached hydrogen (secondary N) is 2. The molecule has 0 bridgehead atoms. The van der Waals surface area contributed by atoms with E-state index in [9.17, 15) is 19.2 Å². The van der Waals surface area contributed by atoms with Gasteiger partial charge in [0.25, 0.3) is 0 Å². The van der Waals surface area contributed by atoms with Gasteiger partial charge in [-0.15, -0.1) is 0 Å². The van der Waals surface area contributed by atoms with E-state index < -0.39 is 24.1 Å². The van der Waals surface area contributed by atoms with Gasteiger partial charge >= 0.3 is 11.9 Å². The number of fused-ring (bicyclic) bond motifs is 2. The second kappa shape index (κ2) is 10.9. The first-order chi connectivity index (χ1) is 17.3. The number of hydrogen-bond donors (Lipinski definition) is 2. The van der Waals surface area contributed by atoms with E-state index in [1.165, 1.54) is 0 Å². The third-order valence-electron chi connectivity index (χ3n) is 5.43. The Hall–Kier alpha value is -4.34. The van der Waals surface area contributed by atoms with Crippen molar-refractivity contribution in [3.8, 4) is 11.5 Å². The molecule has 10 nitrogen and oxygen atoms in total. The number of amides is 2. The van der Waals surface area contributed by atoms with Crippen molar-refractivity contribution in [2.45, 2.75) is 38.9 Å². The van der Waals surface area contributed by atoms with Gasteiger partial charge in [0.1, 0.15) is 36.9 Å². The molecular formula is C26H26N2O8. The maximum Gasteiger partial charge on any atom is 0.331 e. The van der Waals surface area contributed by atoms with Gasteiger partial charge in [0, 0.05) is 34.7 Å². The highest BCUT2D eigenvalue weighted by Gasteiger charge is 2.23. The second-order valence-corrected chi connectivity index (χ2v) is 8.46. The molecule has 36 heavy (non-hydrogen) atoms. The summed E-state index contributed by atoms with van der Waals surface area (Å²) in [6.07, 6.45) is 1.24. The van der Waals surface area contributed by atoms with Crippen LogP contribution in [-0.2, 0) is 41.5 Å². The number of anilines is 2. The lowest BCUT2D eigenvalue weighted by Gasteiger charge is -2.15. The number of esters is 2. The van der Waals surface area contributed by atoms with Crippen molar-refractivity contribution in [3.05, 3.63) is 59.7 Å². The molecule has 2 N–H and O–H groups in total. The first-order valence-electron chi connectivity index (χ1n) is 11.5. The third kappa shape index (κ3) is 6.21. The van der Waals surface area contributed by atoms with E-state index in [2.05, 4.69) is 10.6 Å². The molecular weight excluding hydrogens is 468 g/mol. The highest BCUT2D eigenvalue weighted by atomic mass is 16.6. The minimum atomic E-state index is -0.723. The van der Waals surface area contributed by atoms with Gasteiger partial charge in [-0.2, -0.15) is 0 Å². The predicted molar refractivity (Wildman–Crippen MR) is 129 cm³/mol. The van der Waals surface area contributed by atoms with E-state index in [0.717, 1.165) is 23.3 Å². The number of ether oxygens (including phenoxy) is 4. The number of hydrogen-bond acceptors (Lipinski definition) is 8. The standard InChI is InChI=1S/C26H26N2O8/c1-15(13-33-21-7-3-5-19-17(21)11-23(29)27-19)35-25(31)9-10-26(32)36-16(2)14-34-22-8-4-6-20-18(22)12-24(30)28-20/h3-10,15-16H,11-14H2,1-2H3,(H,27,29)(H,28,30)/b10-9+. The molecule has 2 aromatic carbocycles. The minimum Gasteiger partial charge on any atom is -0.489 e. The lowest BCUT2D eigenvalue weighted by atomic mass is 10.1. The molecule has 2 heterocycles. The van der Waals surface area contributed by atoms with Crippen LogP contribution in [0.4, 0.5) is 11.4 Å². The van der Waals surface area contributed by atoms with Crippen LogP contribution in [-0.4, -0.2) is 49.2 Å². The molecule has 0 saturated heterocycles. The quantitative estimate of drug-likeness (QED) is 0.381. The van der Waals surface area contributed by atoms with Gasteiger partial charge in [-0.25, -0.2) is 9.59 Å². The van der Waals surface area contributed by atoms with Crippen molar-refractivity contribution in [1.82, 2.24) is 0 Å². The summed E-state index contributed by atoms with van der Waals surface area (Å²) in [6.45, 7) is 3.46. The van der Waals surface area contributed by atoms with Crippen LogP contribution in [0.5, 0.6) is 11.5 Å². The Morgan fingerprint density at radius 3 is 1.61 bits per heavy atom. The Labute approximate surface area is 207 Å². The van der Waals surface area contributed by atoms with Gasteiger partial charge < -0.3 is 29.6 Å². The Morgan fingerprint density at radius 2 is 1.19 bits per heavy atom. The average molecular weight is 495 g/mol. The smallest absolute Gasteiger partial charge is 0.331 e. The monoisotopic (exact) mass is 494 g/mol. The summed E-state index contributed by atoms with van der Waals surface area (Å²) in [5, 5.41) is 5.49. The first kappa shape index (κ1) is 24.8. The van der Waals surface area contributed by atoms with Crippen LogP contribution in [0.1, 0.15) is 25.0 Å². The topological polar surface area (TPSA) is 129 Å². The van der Waals surface area contributed by atoms with Gasteiger partial charge in [0.15, 0.2) is 0 Å². The molecule has 2 atom stereocenters. The predicted octanol–water partition coefficient (Wildman–Crippen LogP) is 2.55. The van der Waals surface area contributed by atoms with Gasteiger partial charge in [-0.1, -0.05) is 12.1 Å². The van der Waals surface area contributed by atoms with E-state index in [1.807, 2.05) is 0 Å². The number of carbonyl (C=O) groups excluding carboxylic acids is 4. The zero-order chi connectivity index (χ0) is 25.7. The Balaban J connectivity index is 1.18. The molecule has 0 spiro atoms. The highest BCUT2D eigenvalue weighted by molar-refractivity contribution is 6.00. The van der Waals surface area contributed by atoms with E-state index in [0.29, 0.717) is 22.9 Å². The van der Waals surface area contributed by atoms with Gasteiger partial charge in [-0.3, -0.25) is 9.59 Å². The largest absolute Gasteiger partial charge is 0.489 e.